The molecule has 8 nitrogen and oxygen atoms in total. The molecule has 2 amide bonds. The van der Waals surface area contributed by atoms with E-state index in [0.29, 0.717) is 18.9 Å². The van der Waals surface area contributed by atoms with E-state index < -0.39 is 32.7 Å². The monoisotopic (exact) mass is 500 g/mol. The van der Waals surface area contributed by atoms with E-state index in [1.165, 1.54) is 6.92 Å². The van der Waals surface area contributed by atoms with Crippen molar-refractivity contribution in [1.29, 1.82) is 0 Å². The van der Waals surface area contributed by atoms with Gasteiger partial charge in [0.2, 0.25) is 21.8 Å². The van der Waals surface area contributed by atoms with Gasteiger partial charge < -0.3 is 15.2 Å². The summed E-state index contributed by atoms with van der Waals surface area (Å²) < 4.78 is 67.6. The highest BCUT2D eigenvalue weighted by Crippen LogP contribution is 2.31. The third kappa shape index (κ3) is 6.17. The van der Waals surface area contributed by atoms with Crippen LogP contribution < -0.4 is 10.6 Å². The van der Waals surface area contributed by atoms with Crippen molar-refractivity contribution < 1.29 is 31.2 Å². The van der Waals surface area contributed by atoms with Crippen molar-refractivity contribution in [3.8, 4) is 0 Å². The van der Waals surface area contributed by atoms with Crippen LogP contribution in [0.5, 0.6) is 0 Å². The van der Waals surface area contributed by atoms with Gasteiger partial charge in [0.15, 0.2) is 0 Å². The van der Waals surface area contributed by atoms with Crippen LogP contribution >= 0.6 is 0 Å². The fourth-order valence-corrected chi connectivity index (χ4v) is 5.41. The lowest BCUT2D eigenvalue weighted by Crippen LogP contribution is -2.53. The minimum atomic E-state index is -4.65. The molecule has 0 aliphatic carbocycles. The number of carbonyl (C=O) groups is 2. The minimum absolute atomic E-state index is 0.0478. The number of aromatic nitrogens is 1. The van der Waals surface area contributed by atoms with Crippen LogP contribution in [0.25, 0.3) is 0 Å². The summed E-state index contributed by atoms with van der Waals surface area (Å²) >= 11 is 0. The first-order valence-electron chi connectivity index (χ1n) is 10.7. The lowest BCUT2D eigenvalue weighted by atomic mass is 10.0. The summed E-state index contributed by atoms with van der Waals surface area (Å²) in [7, 11) is -2.28. The molecule has 12 heteroatoms. The van der Waals surface area contributed by atoms with Crippen LogP contribution in [0, 0.1) is 0 Å². The molecule has 1 saturated heterocycles. The zero-order chi connectivity index (χ0) is 25.1. The van der Waals surface area contributed by atoms with Gasteiger partial charge in [0, 0.05) is 51.4 Å². The Hall–Kier alpha value is -2.86. The Balaban J connectivity index is 1.63. The Kier molecular flexibility index (Phi) is 7.71. The van der Waals surface area contributed by atoms with Gasteiger partial charge in [-0.05, 0) is 43.2 Å². The molecule has 34 heavy (non-hydrogen) atoms. The molecule has 0 bridgehead atoms. The summed E-state index contributed by atoms with van der Waals surface area (Å²) in [5.74, 6) is -0.730. The standard InChI is InChI=1S/C22H27F3N4O4S/c1-15(30)26-20(14-18-6-4-10-28(18)2)21(31)27-17-8-11-29(12-9-17)34(32,33)19-7-3-5-16(13-19)22(23,24)25/h3-7,10,13,17,20H,8-9,11-12,14H2,1-2H3,(H,26,30)(H,27,31)/t20-/m1/s1. The van der Waals surface area contributed by atoms with Crippen molar-refractivity contribution in [2.24, 2.45) is 7.05 Å². The Bertz CT molecular complexity index is 1140. The minimum Gasteiger partial charge on any atom is -0.354 e. The lowest BCUT2D eigenvalue weighted by Gasteiger charge is -2.32. The quantitative estimate of drug-likeness (QED) is 0.608. The number of nitrogens with one attached hydrogen (secondary N) is 2. The number of sulfonamides is 1. The van der Waals surface area contributed by atoms with Crippen LogP contribution in [0.3, 0.4) is 0 Å². The third-order valence-electron chi connectivity index (χ3n) is 5.76. The lowest BCUT2D eigenvalue weighted by molar-refractivity contribution is -0.137. The second-order valence-electron chi connectivity index (χ2n) is 8.28. The topological polar surface area (TPSA) is 101 Å². The number of hydrogen-bond donors (Lipinski definition) is 2. The predicted molar refractivity (Wildman–Crippen MR) is 118 cm³/mol. The summed E-state index contributed by atoms with van der Waals surface area (Å²) in [6.45, 7) is 1.42. The van der Waals surface area contributed by atoms with Gasteiger partial charge in [-0.25, -0.2) is 8.42 Å². The number of alkyl halides is 3. The SMILES string of the molecule is CC(=O)N[C@H](Cc1cccn1C)C(=O)NC1CCN(S(=O)(=O)c2cccc(C(F)(F)F)c2)CC1. The molecule has 1 aromatic heterocycles. The summed E-state index contributed by atoms with van der Waals surface area (Å²) in [6, 6.07) is 6.21. The molecule has 1 aliphatic rings. The van der Waals surface area contributed by atoms with E-state index in [4.69, 9.17) is 0 Å². The van der Waals surface area contributed by atoms with E-state index in [9.17, 15) is 31.2 Å². The first kappa shape index (κ1) is 25.8. The first-order chi connectivity index (χ1) is 15.9. The van der Waals surface area contributed by atoms with Gasteiger partial charge in [-0.15, -0.1) is 0 Å². The molecule has 2 heterocycles. The molecule has 0 spiro atoms. The van der Waals surface area contributed by atoms with Gasteiger partial charge in [-0.2, -0.15) is 17.5 Å². The number of rotatable bonds is 7. The van der Waals surface area contributed by atoms with Crippen molar-refractivity contribution in [2.45, 2.75) is 49.3 Å². The molecule has 1 fully saturated rings. The van der Waals surface area contributed by atoms with Crippen LogP contribution in [0.2, 0.25) is 0 Å². The number of halogens is 3. The molecule has 1 aromatic carbocycles. The van der Waals surface area contributed by atoms with Crippen molar-refractivity contribution in [3.05, 3.63) is 53.9 Å². The molecular weight excluding hydrogens is 473 g/mol. The van der Waals surface area contributed by atoms with Gasteiger partial charge in [0.05, 0.1) is 10.5 Å². The summed E-state index contributed by atoms with van der Waals surface area (Å²) in [4.78, 5) is 24.0. The number of hydrogen-bond acceptors (Lipinski definition) is 4. The number of amides is 2. The Morgan fingerprint density at radius 1 is 1.15 bits per heavy atom. The van der Waals surface area contributed by atoms with Crippen molar-refractivity contribution in [2.75, 3.05) is 13.1 Å². The molecule has 0 unspecified atom stereocenters. The number of carbonyl (C=O) groups excluding carboxylic acids is 2. The van der Waals surface area contributed by atoms with Crippen LogP contribution in [-0.2, 0) is 39.3 Å². The fraction of sp³-hybridized carbons (Fsp3) is 0.455. The Morgan fingerprint density at radius 2 is 1.82 bits per heavy atom. The fourth-order valence-electron chi connectivity index (χ4n) is 3.90. The van der Waals surface area contributed by atoms with Crippen molar-refractivity contribution in [3.63, 3.8) is 0 Å². The molecule has 186 valence electrons. The van der Waals surface area contributed by atoms with Crippen LogP contribution in [0.4, 0.5) is 13.2 Å². The number of nitrogens with zero attached hydrogens (tertiary/aromatic N) is 2. The van der Waals surface area contributed by atoms with E-state index in [1.807, 2.05) is 29.9 Å². The first-order valence-corrected chi connectivity index (χ1v) is 12.2. The molecule has 0 saturated carbocycles. The number of aryl methyl sites for hydroxylation is 1. The molecule has 1 aliphatic heterocycles. The maximum atomic E-state index is 13.0. The average Bonchev–Trinajstić information content (AvgIpc) is 3.17. The highest BCUT2D eigenvalue weighted by molar-refractivity contribution is 7.89. The highest BCUT2D eigenvalue weighted by Gasteiger charge is 2.35. The molecule has 3 rings (SSSR count). The smallest absolute Gasteiger partial charge is 0.354 e. The van der Waals surface area contributed by atoms with Crippen LogP contribution in [-0.4, -0.2) is 54.3 Å². The van der Waals surface area contributed by atoms with E-state index in [1.54, 1.807) is 0 Å². The summed E-state index contributed by atoms with van der Waals surface area (Å²) in [6.07, 6.45) is -1.94. The van der Waals surface area contributed by atoms with Crippen LogP contribution in [0.15, 0.2) is 47.5 Å². The number of piperidine rings is 1. The van der Waals surface area contributed by atoms with E-state index in [-0.39, 0.29) is 37.4 Å². The van der Waals surface area contributed by atoms with Crippen molar-refractivity contribution >= 4 is 21.8 Å². The maximum Gasteiger partial charge on any atom is 0.416 e. The zero-order valence-electron chi connectivity index (χ0n) is 18.8. The summed E-state index contributed by atoms with van der Waals surface area (Å²) in [5, 5.41) is 5.51. The van der Waals surface area contributed by atoms with Gasteiger partial charge in [-0.1, -0.05) is 6.07 Å². The van der Waals surface area contributed by atoms with E-state index in [0.717, 1.165) is 28.2 Å². The van der Waals surface area contributed by atoms with Gasteiger partial charge in [-0.3, -0.25) is 9.59 Å². The number of benzene rings is 1. The summed E-state index contributed by atoms with van der Waals surface area (Å²) in [5.41, 5.74) is -0.172. The zero-order valence-corrected chi connectivity index (χ0v) is 19.6. The molecule has 0 radical (unpaired) electrons. The second kappa shape index (κ2) is 10.2. The van der Waals surface area contributed by atoms with Crippen LogP contribution in [0.1, 0.15) is 31.0 Å². The van der Waals surface area contributed by atoms with E-state index in [2.05, 4.69) is 10.6 Å². The third-order valence-corrected chi connectivity index (χ3v) is 7.65. The van der Waals surface area contributed by atoms with E-state index >= 15 is 0 Å². The molecule has 2 N–H and O–H groups in total. The predicted octanol–water partition coefficient (Wildman–Crippen LogP) is 2.06. The van der Waals surface area contributed by atoms with Gasteiger partial charge >= 0.3 is 6.18 Å². The largest absolute Gasteiger partial charge is 0.416 e. The van der Waals surface area contributed by atoms with Gasteiger partial charge in [0.25, 0.3) is 0 Å². The molecule has 1 atom stereocenters. The normalized spacial score (nSPS) is 16.7. The average molecular weight is 501 g/mol. The van der Waals surface area contributed by atoms with Crippen molar-refractivity contribution in [1.82, 2.24) is 19.5 Å². The Labute approximate surface area is 196 Å². The highest BCUT2D eigenvalue weighted by atomic mass is 32.2. The Morgan fingerprint density at radius 3 is 2.38 bits per heavy atom. The molecule has 2 aromatic rings. The van der Waals surface area contributed by atoms with Gasteiger partial charge in [0.1, 0.15) is 6.04 Å². The maximum absolute atomic E-state index is 13.0. The molecular formula is C22H27F3N4O4S. The second-order valence-corrected chi connectivity index (χ2v) is 10.2.